The van der Waals surface area contributed by atoms with E-state index in [9.17, 15) is 9.36 Å². The summed E-state index contributed by atoms with van der Waals surface area (Å²) >= 11 is 0. The fourth-order valence-corrected chi connectivity index (χ4v) is 4.03. The van der Waals surface area contributed by atoms with Crippen molar-refractivity contribution in [2.24, 2.45) is 0 Å². The summed E-state index contributed by atoms with van der Waals surface area (Å²) in [5.74, 6) is 0.409. The summed E-state index contributed by atoms with van der Waals surface area (Å²) in [6.45, 7) is 14.4. The van der Waals surface area contributed by atoms with Crippen molar-refractivity contribution in [3.8, 4) is 5.75 Å². The Bertz CT molecular complexity index is 773. The Morgan fingerprint density at radius 1 is 1.00 bits per heavy atom. The Hall–Kier alpha value is -1.42. The summed E-state index contributed by atoms with van der Waals surface area (Å²) in [6, 6.07) is 4.21. The molecule has 5 nitrogen and oxygen atoms in total. The van der Waals surface area contributed by atoms with Crippen LogP contribution in [0, 0.1) is 0 Å². The first-order valence-electron chi connectivity index (χ1n) is 9.37. The van der Waals surface area contributed by atoms with Gasteiger partial charge in [-0.1, -0.05) is 47.6 Å². The van der Waals surface area contributed by atoms with Crippen molar-refractivity contribution in [2.45, 2.75) is 65.0 Å². The number of hydrogen-bond donors (Lipinski definition) is 0. The largest absolute Gasteiger partial charge is 0.496 e. The van der Waals surface area contributed by atoms with Gasteiger partial charge in [0.1, 0.15) is 11.4 Å². The van der Waals surface area contributed by atoms with Crippen LogP contribution in [0.15, 0.2) is 18.2 Å². The number of hydrogen-bond acceptors (Lipinski definition) is 5. The molecule has 0 radical (unpaired) electrons. The highest BCUT2D eigenvalue weighted by molar-refractivity contribution is 7.55. The summed E-state index contributed by atoms with van der Waals surface area (Å²) in [5, 5.41) is 0. The molecule has 158 valence electrons. The maximum Gasteiger partial charge on any atom is 0.340 e. The molecule has 1 atom stereocenters. The number of ketones is 1. The van der Waals surface area contributed by atoms with Gasteiger partial charge in [0.2, 0.25) is 0 Å². The van der Waals surface area contributed by atoms with E-state index in [0.717, 1.165) is 22.4 Å². The summed E-state index contributed by atoms with van der Waals surface area (Å²) in [4.78, 5) is 12.6. The lowest BCUT2D eigenvalue weighted by Gasteiger charge is -2.28. The van der Waals surface area contributed by atoms with Crippen molar-refractivity contribution in [3.63, 3.8) is 0 Å². The van der Waals surface area contributed by atoms with Crippen LogP contribution in [0.4, 0.5) is 0 Å². The highest BCUT2D eigenvalue weighted by Gasteiger charge is 2.34. The monoisotopic (exact) mass is 410 g/mol. The van der Waals surface area contributed by atoms with Crippen molar-refractivity contribution >= 4 is 19.5 Å². The number of benzene rings is 1. The van der Waals surface area contributed by atoms with Crippen LogP contribution < -0.4 is 4.74 Å². The number of carbonyl (C=O) groups excluding carboxylic acids is 1. The third-order valence-corrected chi connectivity index (χ3v) is 7.04. The minimum Gasteiger partial charge on any atom is -0.496 e. The van der Waals surface area contributed by atoms with Gasteiger partial charge in [-0.05, 0) is 41.5 Å². The molecule has 0 saturated carbocycles. The summed E-state index contributed by atoms with van der Waals surface area (Å²) in [5.41, 5.74) is 1.95. The first-order valence-corrected chi connectivity index (χ1v) is 11.0. The molecule has 6 heteroatoms. The Morgan fingerprint density at radius 3 is 1.93 bits per heavy atom. The van der Waals surface area contributed by atoms with E-state index in [1.54, 1.807) is 20.1 Å². The molecule has 0 spiro atoms. The zero-order chi connectivity index (χ0) is 21.9. The fraction of sp³-hybridized carbons (Fsp3) is 0.591. The van der Waals surface area contributed by atoms with E-state index in [-0.39, 0.29) is 16.6 Å². The first kappa shape index (κ1) is 24.6. The maximum absolute atomic E-state index is 12.6. The molecule has 0 N–H and O–H groups in total. The Balaban J connectivity index is 3.49. The normalized spacial score (nSPS) is 14.4. The Morgan fingerprint density at radius 2 is 1.54 bits per heavy atom. The maximum atomic E-state index is 12.6. The summed E-state index contributed by atoms with van der Waals surface area (Å²) in [6.07, 6.45) is 3.14. The standard InChI is InChI=1S/C22H35O5P/c1-15(28(24,26-9)27-10)19(23)12-11-16-13-17(21(2,3)4)14-18(20(16)25-8)22(5,6)7/h11-15H,1-10H3/b12-11+. The van der Waals surface area contributed by atoms with Crippen LogP contribution >= 0.6 is 7.60 Å². The number of carbonyl (C=O) groups is 1. The second-order valence-corrected chi connectivity index (χ2v) is 11.5. The van der Waals surface area contributed by atoms with Gasteiger partial charge in [-0.15, -0.1) is 0 Å². The molecule has 0 fully saturated rings. The van der Waals surface area contributed by atoms with Gasteiger partial charge >= 0.3 is 7.60 Å². The smallest absolute Gasteiger partial charge is 0.340 e. The predicted molar refractivity (Wildman–Crippen MR) is 116 cm³/mol. The van der Waals surface area contributed by atoms with Gasteiger partial charge in [0.15, 0.2) is 5.78 Å². The topological polar surface area (TPSA) is 61.8 Å². The minimum absolute atomic E-state index is 0.0615. The van der Waals surface area contributed by atoms with Crippen molar-refractivity contribution in [1.29, 1.82) is 0 Å². The summed E-state index contributed by atoms with van der Waals surface area (Å²) < 4.78 is 28.1. The van der Waals surface area contributed by atoms with Crippen LogP contribution in [0.25, 0.3) is 6.08 Å². The minimum atomic E-state index is -3.47. The van der Waals surface area contributed by atoms with E-state index in [2.05, 4.69) is 47.6 Å². The number of allylic oxidation sites excluding steroid dienone is 1. The lowest BCUT2D eigenvalue weighted by Crippen LogP contribution is -2.18. The highest BCUT2D eigenvalue weighted by atomic mass is 31.2. The molecule has 1 aromatic rings. The molecule has 0 heterocycles. The SMILES string of the molecule is COc1c(/C=C/C(=O)C(C)P(=O)(OC)OC)cc(C(C)(C)C)cc1C(C)(C)C. The molecular formula is C22H35O5P. The van der Waals surface area contributed by atoms with E-state index in [4.69, 9.17) is 13.8 Å². The number of ether oxygens (including phenoxy) is 1. The second kappa shape index (κ2) is 8.94. The molecule has 1 aromatic carbocycles. The Kier molecular flexibility index (Phi) is 7.86. The highest BCUT2D eigenvalue weighted by Crippen LogP contribution is 2.51. The lowest BCUT2D eigenvalue weighted by atomic mass is 9.79. The zero-order valence-electron chi connectivity index (χ0n) is 18.9. The van der Waals surface area contributed by atoms with Gasteiger partial charge in [0.05, 0.1) is 7.11 Å². The van der Waals surface area contributed by atoms with E-state index >= 15 is 0 Å². The van der Waals surface area contributed by atoms with Gasteiger partial charge in [0.25, 0.3) is 0 Å². The van der Waals surface area contributed by atoms with E-state index in [1.807, 2.05) is 6.07 Å². The van der Waals surface area contributed by atoms with Gasteiger partial charge in [-0.2, -0.15) is 0 Å². The van der Waals surface area contributed by atoms with Crippen molar-refractivity contribution in [3.05, 3.63) is 34.9 Å². The molecule has 0 saturated heterocycles. The molecule has 0 aliphatic rings. The van der Waals surface area contributed by atoms with Crippen LogP contribution in [0.3, 0.4) is 0 Å². The quantitative estimate of drug-likeness (QED) is 0.423. The van der Waals surface area contributed by atoms with Gasteiger partial charge in [-0.3, -0.25) is 9.36 Å². The molecule has 0 bridgehead atoms. The van der Waals surface area contributed by atoms with Crippen LogP contribution in [0.5, 0.6) is 5.75 Å². The third kappa shape index (κ3) is 5.56. The number of rotatable bonds is 7. The molecule has 0 amide bonds. The predicted octanol–water partition coefficient (Wildman–Crippen LogP) is 5.75. The van der Waals surface area contributed by atoms with E-state index in [0.29, 0.717) is 0 Å². The van der Waals surface area contributed by atoms with Crippen LogP contribution in [0.2, 0.25) is 0 Å². The van der Waals surface area contributed by atoms with Crippen LogP contribution in [-0.2, 0) is 29.2 Å². The molecule has 0 aromatic heterocycles. The zero-order valence-corrected chi connectivity index (χ0v) is 19.8. The van der Waals surface area contributed by atoms with E-state index in [1.165, 1.54) is 20.3 Å². The molecule has 1 unspecified atom stereocenters. The average Bonchev–Trinajstić information content (AvgIpc) is 2.62. The van der Waals surface area contributed by atoms with Crippen molar-refractivity contribution in [1.82, 2.24) is 0 Å². The first-order chi connectivity index (χ1) is 12.7. The third-order valence-electron chi connectivity index (χ3n) is 4.82. The van der Waals surface area contributed by atoms with Gasteiger partial charge in [-0.25, -0.2) is 0 Å². The average molecular weight is 410 g/mol. The van der Waals surface area contributed by atoms with E-state index < -0.39 is 13.3 Å². The van der Waals surface area contributed by atoms with Gasteiger partial charge in [0, 0.05) is 25.3 Å². The summed E-state index contributed by atoms with van der Waals surface area (Å²) in [7, 11) is 0.721. The van der Waals surface area contributed by atoms with Crippen molar-refractivity contribution < 1.29 is 23.1 Å². The second-order valence-electron chi connectivity index (χ2n) is 8.96. The van der Waals surface area contributed by atoms with Crippen molar-refractivity contribution in [2.75, 3.05) is 21.3 Å². The molecule has 0 aliphatic heterocycles. The van der Waals surface area contributed by atoms with Crippen LogP contribution in [0.1, 0.15) is 65.2 Å². The number of methoxy groups -OCH3 is 1. The lowest BCUT2D eigenvalue weighted by molar-refractivity contribution is -0.114. The molecule has 0 aliphatic carbocycles. The fourth-order valence-electron chi connectivity index (χ4n) is 2.85. The molecular weight excluding hydrogens is 375 g/mol. The Labute approximate surface area is 170 Å². The molecule has 28 heavy (non-hydrogen) atoms. The molecule has 1 rings (SSSR count). The van der Waals surface area contributed by atoms with Gasteiger partial charge < -0.3 is 13.8 Å². The van der Waals surface area contributed by atoms with Crippen LogP contribution in [-0.4, -0.2) is 32.8 Å².